The van der Waals surface area contributed by atoms with E-state index >= 15 is 0 Å². The summed E-state index contributed by atoms with van der Waals surface area (Å²) in [5.74, 6) is 1.15. The third-order valence-corrected chi connectivity index (χ3v) is 3.26. The van der Waals surface area contributed by atoms with E-state index in [4.69, 9.17) is 16.3 Å². The van der Waals surface area contributed by atoms with Crippen LogP contribution >= 0.6 is 27.5 Å². The minimum atomic E-state index is -0.435. The molecular weight excluding hydrogens is 334 g/mol. The fourth-order valence-electron chi connectivity index (χ4n) is 1.54. The van der Waals surface area contributed by atoms with Crippen molar-refractivity contribution in [3.8, 4) is 11.5 Å². The molecule has 0 radical (unpaired) electrons. The first kappa shape index (κ1) is 13.8. The number of benzene rings is 2. The van der Waals surface area contributed by atoms with E-state index in [0.717, 1.165) is 0 Å². The van der Waals surface area contributed by atoms with E-state index in [1.807, 2.05) is 0 Å². The molecule has 0 bridgehead atoms. The van der Waals surface area contributed by atoms with Crippen LogP contribution in [0.1, 0.15) is 5.56 Å². The van der Waals surface area contributed by atoms with Crippen LogP contribution in [0.4, 0.5) is 5.69 Å². The minimum Gasteiger partial charge on any atom is -0.457 e. The molecule has 0 atom stereocenters. The summed E-state index contributed by atoms with van der Waals surface area (Å²) in [7, 11) is 0. The number of hydrogen-bond donors (Lipinski definition) is 0. The molecule has 0 aliphatic rings. The highest BCUT2D eigenvalue weighted by Gasteiger charge is 2.11. The number of nitro benzene ring substituents is 1. The molecule has 6 heteroatoms. The number of hydrogen-bond acceptors (Lipinski definition) is 3. The van der Waals surface area contributed by atoms with Crippen LogP contribution in [-0.2, 0) is 5.33 Å². The van der Waals surface area contributed by atoms with Crippen molar-refractivity contribution in [3.63, 3.8) is 0 Å². The molecule has 0 saturated carbocycles. The van der Waals surface area contributed by atoms with Gasteiger partial charge in [-0.15, -0.1) is 0 Å². The molecule has 2 aromatic carbocycles. The Morgan fingerprint density at radius 1 is 1.26 bits per heavy atom. The van der Waals surface area contributed by atoms with Crippen LogP contribution in [0.15, 0.2) is 42.5 Å². The minimum absolute atomic E-state index is 0.0351. The van der Waals surface area contributed by atoms with E-state index in [2.05, 4.69) is 15.9 Å². The molecule has 0 spiro atoms. The van der Waals surface area contributed by atoms with Crippen molar-refractivity contribution in [2.75, 3.05) is 0 Å². The predicted octanol–water partition coefficient (Wildman–Crippen LogP) is 4.94. The zero-order valence-corrected chi connectivity index (χ0v) is 12.0. The smallest absolute Gasteiger partial charge is 0.270 e. The largest absolute Gasteiger partial charge is 0.457 e. The third kappa shape index (κ3) is 3.45. The first-order valence-corrected chi connectivity index (χ1v) is 6.87. The number of ether oxygens (including phenoxy) is 1. The summed E-state index contributed by atoms with van der Waals surface area (Å²) in [6.45, 7) is 0. The molecule has 0 aliphatic carbocycles. The van der Waals surface area contributed by atoms with Gasteiger partial charge in [0, 0.05) is 28.0 Å². The Bertz CT molecular complexity index is 619. The fourth-order valence-corrected chi connectivity index (χ4v) is 2.16. The molecule has 0 unspecified atom stereocenters. The molecule has 0 N–H and O–H groups in total. The van der Waals surface area contributed by atoms with E-state index in [9.17, 15) is 10.1 Å². The molecule has 98 valence electrons. The topological polar surface area (TPSA) is 52.4 Å². The van der Waals surface area contributed by atoms with Crippen LogP contribution in [0, 0.1) is 10.1 Å². The summed E-state index contributed by atoms with van der Waals surface area (Å²) in [5.41, 5.74) is 0.738. The van der Waals surface area contributed by atoms with Gasteiger partial charge in [-0.3, -0.25) is 10.1 Å². The van der Waals surface area contributed by atoms with Crippen molar-refractivity contribution in [2.45, 2.75) is 5.33 Å². The molecule has 2 rings (SSSR count). The van der Waals surface area contributed by atoms with Gasteiger partial charge in [-0.05, 0) is 24.3 Å². The Hall–Kier alpha value is -1.59. The van der Waals surface area contributed by atoms with Crippen molar-refractivity contribution in [2.24, 2.45) is 0 Å². The lowest BCUT2D eigenvalue weighted by molar-refractivity contribution is -0.384. The highest BCUT2D eigenvalue weighted by Crippen LogP contribution is 2.31. The van der Waals surface area contributed by atoms with Crippen LogP contribution in [0.3, 0.4) is 0 Å². The van der Waals surface area contributed by atoms with Gasteiger partial charge in [0.05, 0.1) is 4.92 Å². The molecule has 0 fully saturated rings. The number of alkyl halides is 1. The summed E-state index contributed by atoms with van der Waals surface area (Å²) in [5, 5.41) is 11.7. The van der Waals surface area contributed by atoms with Gasteiger partial charge in [0.1, 0.15) is 11.5 Å². The fraction of sp³-hybridized carbons (Fsp3) is 0.0769. The summed E-state index contributed by atoms with van der Waals surface area (Å²) in [4.78, 5) is 10.3. The molecule has 4 nitrogen and oxygen atoms in total. The lowest BCUT2D eigenvalue weighted by Gasteiger charge is -2.09. The second kappa shape index (κ2) is 6.04. The van der Waals surface area contributed by atoms with Crippen LogP contribution in [0.25, 0.3) is 0 Å². The number of nitro groups is 1. The third-order valence-electron chi connectivity index (χ3n) is 2.42. The number of halogens is 2. The average Bonchev–Trinajstić information content (AvgIpc) is 2.39. The van der Waals surface area contributed by atoms with Crippen LogP contribution in [-0.4, -0.2) is 4.92 Å². The van der Waals surface area contributed by atoms with Gasteiger partial charge in [-0.25, -0.2) is 0 Å². The maximum Gasteiger partial charge on any atom is 0.270 e. The quantitative estimate of drug-likeness (QED) is 0.449. The first-order valence-electron chi connectivity index (χ1n) is 5.37. The Morgan fingerprint density at radius 2 is 2.05 bits per heavy atom. The summed E-state index contributed by atoms with van der Waals surface area (Å²) < 4.78 is 5.68. The van der Waals surface area contributed by atoms with Crippen molar-refractivity contribution < 1.29 is 9.66 Å². The standard InChI is InChI=1S/C13H9BrClNO3/c14-8-9-6-11(16(17)18)4-5-13(9)19-12-3-1-2-10(15)7-12/h1-7H,8H2. The van der Waals surface area contributed by atoms with E-state index in [1.165, 1.54) is 12.1 Å². The Balaban J connectivity index is 2.32. The summed E-state index contributed by atoms with van der Waals surface area (Å²) in [6.07, 6.45) is 0. The van der Waals surface area contributed by atoms with Gasteiger partial charge < -0.3 is 4.74 Å². The Labute approximate surface area is 123 Å². The second-order valence-electron chi connectivity index (χ2n) is 3.74. The van der Waals surface area contributed by atoms with E-state index in [-0.39, 0.29) is 5.69 Å². The van der Waals surface area contributed by atoms with Gasteiger partial charge in [0.2, 0.25) is 0 Å². The Kier molecular flexibility index (Phi) is 4.39. The van der Waals surface area contributed by atoms with Crippen LogP contribution in [0.2, 0.25) is 5.02 Å². The van der Waals surface area contributed by atoms with Crippen LogP contribution < -0.4 is 4.74 Å². The maximum atomic E-state index is 10.7. The molecule has 0 heterocycles. The van der Waals surface area contributed by atoms with Crippen molar-refractivity contribution in [1.82, 2.24) is 0 Å². The van der Waals surface area contributed by atoms with Gasteiger partial charge in [0.15, 0.2) is 0 Å². The highest BCUT2D eigenvalue weighted by molar-refractivity contribution is 9.08. The number of rotatable bonds is 4. The molecule has 0 saturated heterocycles. The first-order chi connectivity index (χ1) is 9.10. The Morgan fingerprint density at radius 3 is 2.68 bits per heavy atom. The van der Waals surface area contributed by atoms with Crippen molar-refractivity contribution >= 4 is 33.2 Å². The number of non-ortho nitro benzene ring substituents is 1. The molecule has 0 amide bonds. The van der Waals surface area contributed by atoms with Gasteiger partial charge in [0.25, 0.3) is 5.69 Å². The molecule has 19 heavy (non-hydrogen) atoms. The molecule has 0 aliphatic heterocycles. The normalized spacial score (nSPS) is 10.2. The van der Waals surface area contributed by atoms with Crippen molar-refractivity contribution in [3.05, 3.63) is 63.2 Å². The van der Waals surface area contributed by atoms with E-state index in [1.54, 1.807) is 30.3 Å². The van der Waals surface area contributed by atoms with Crippen molar-refractivity contribution in [1.29, 1.82) is 0 Å². The van der Waals surface area contributed by atoms with Crippen LogP contribution in [0.5, 0.6) is 11.5 Å². The van der Waals surface area contributed by atoms with Gasteiger partial charge in [-0.2, -0.15) is 0 Å². The predicted molar refractivity (Wildman–Crippen MR) is 77.3 cm³/mol. The monoisotopic (exact) mass is 341 g/mol. The highest BCUT2D eigenvalue weighted by atomic mass is 79.9. The number of nitrogens with zero attached hydrogens (tertiary/aromatic N) is 1. The SMILES string of the molecule is O=[N+]([O-])c1ccc(Oc2cccc(Cl)c2)c(CBr)c1. The molecular formula is C13H9BrClNO3. The lowest BCUT2D eigenvalue weighted by atomic mass is 10.2. The maximum absolute atomic E-state index is 10.7. The average molecular weight is 343 g/mol. The summed E-state index contributed by atoms with van der Waals surface area (Å²) in [6, 6.07) is 11.4. The molecule has 0 aromatic heterocycles. The van der Waals surface area contributed by atoms with E-state index < -0.39 is 4.92 Å². The van der Waals surface area contributed by atoms with Gasteiger partial charge >= 0.3 is 0 Å². The lowest BCUT2D eigenvalue weighted by Crippen LogP contribution is -1.93. The zero-order valence-electron chi connectivity index (χ0n) is 9.68. The van der Waals surface area contributed by atoms with E-state index in [0.29, 0.717) is 27.4 Å². The molecule has 2 aromatic rings. The second-order valence-corrected chi connectivity index (χ2v) is 4.74. The zero-order chi connectivity index (χ0) is 13.8. The van der Waals surface area contributed by atoms with Gasteiger partial charge in [-0.1, -0.05) is 33.6 Å². The summed E-state index contributed by atoms with van der Waals surface area (Å²) >= 11 is 9.16.